The summed E-state index contributed by atoms with van der Waals surface area (Å²) >= 11 is 4.95. The Labute approximate surface area is 118 Å². The van der Waals surface area contributed by atoms with E-state index in [9.17, 15) is 0 Å². The van der Waals surface area contributed by atoms with Gasteiger partial charge in [0.1, 0.15) is 0 Å². The van der Waals surface area contributed by atoms with Gasteiger partial charge in [0.05, 0.1) is 12.1 Å². The summed E-state index contributed by atoms with van der Waals surface area (Å²) in [6, 6.07) is 19.5. The van der Waals surface area contributed by atoms with Gasteiger partial charge in [0.25, 0.3) is 0 Å². The van der Waals surface area contributed by atoms with Crippen molar-refractivity contribution in [3.8, 4) is 0 Å². The fourth-order valence-electron chi connectivity index (χ4n) is 2.06. The number of benzene rings is 2. The molecule has 0 radical (unpaired) electrons. The van der Waals surface area contributed by atoms with Crippen LogP contribution in [0, 0.1) is 0 Å². The van der Waals surface area contributed by atoms with Crippen LogP contribution in [-0.4, -0.2) is 5.11 Å². The van der Waals surface area contributed by atoms with Crippen LogP contribution in [0.15, 0.2) is 60.7 Å². The lowest BCUT2D eigenvalue weighted by Crippen LogP contribution is -2.38. The molecule has 2 atom stereocenters. The standard InChI is InChI=1S/C15H17N3S/c16-13(11-7-3-1-4-8-11)14(18-15(17)19)12-9-5-2-6-10-12/h1-10,13-14H,16H2,(H3,17,18,19)/t13-,14-/m0/s1. The monoisotopic (exact) mass is 271 g/mol. The summed E-state index contributed by atoms with van der Waals surface area (Å²) < 4.78 is 0. The summed E-state index contributed by atoms with van der Waals surface area (Å²) in [5.74, 6) is 0. The van der Waals surface area contributed by atoms with Gasteiger partial charge in [0.2, 0.25) is 0 Å². The molecule has 0 saturated heterocycles. The van der Waals surface area contributed by atoms with Gasteiger partial charge in [-0.1, -0.05) is 60.7 Å². The highest BCUT2D eigenvalue weighted by atomic mass is 32.1. The molecule has 5 N–H and O–H groups in total. The van der Waals surface area contributed by atoms with Crippen molar-refractivity contribution in [2.45, 2.75) is 12.1 Å². The quantitative estimate of drug-likeness (QED) is 0.746. The molecule has 2 aromatic carbocycles. The molecule has 0 bridgehead atoms. The predicted molar refractivity (Wildman–Crippen MR) is 82.5 cm³/mol. The molecule has 0 fully saturated rings. The molecule has 0 aliphatic rings. The minimum atomic E-state index is -0.218. The lowest BCUT2D eigenvalue weighted by molar-refractivity contribution is 0.526. The van der Waals surface area contributed by atoms with Gasteiger partial charge in [0, 0.05) is 0 Å². The molecule has 3 nitrogen and oxygen atoms in total. The number of nitrogens with one attached hydrogen (secondary N) is 1. The second kappa shape index (κ2) is 6.31. The van der Waals surface area contributed by atoms with Crippen LogP contribution in [0.5, 0.6) is 0 Å². The molecule has 0 saturated carbocycles. The van der Waals surface area contributed by atoms with E-state index in [4.69, 9.17) is 23.7 Å². The highest BCUT2D eigenvalue weighted by molar-refractivity contribution is 7.80. The van der Waals surface area contributed by atoms with Crippen molar-refractivity contribution < 1.29 is 0 Å². The molecule has 0 aromatic heterocycles. The van der Waals surface area contributed by atoms with Crippen molar-refractivity contribution in [3.63, 3.8) is 0 Å². The van der Waals surface area contributed by atoms with Gasteiger partial charge >= 0.3 is 0 Å². The van der Waals surface area contributed by atoms with Gasteiger partial charge in [-0.05, 0) is 23.3 Å². The molecule has 0 heterocycles. The summed E-state index contributed by atoms with van der Waals surface area (Å²) in [7, 11) is 0. The molecule has 0 aliphatic heterocycles. The Morgan fingerprint density at radius 2 is 1.37 bits per heavy atom. The minimum absolute atomic E-state index is 0.138. The van der Waals surface area contributed by atoms with Crippen LogP contribution in [0.4, 0.5) is 0 Å². The zero-order valence-corrected chi connectivity index (χ0v) is 11.3. The first-order valence-corrected chi connectivity index (χ1v) is 6.51. The second-order valence-electron chi connectivity index (χ2n) is 4.33. The third-order valence-electron chi connectivity index (χ3n) is 3.00. The Hall–Kier alpha value is -1.91. The molecule has 2 rings (SSSR count). The zero-order chi connectivity index (χ0) is 13.7. The molecular formula is C15H17N3S. The molecule has 0 aliphatic carbocycles. The van der Waals surface area contributed by atoms with E-state index in [2.05, 4.69) is 5.32 Å². The van der Waals surface area contributed by atoms with E-state index in [1.54, 1.807) is 0 Å². The van der Waals surface area contributed by atoms with Crippen molar-refractivity contribution in [2.24, 2.45) is 11.5 Å². The van der Waals surface area contributed by atoms with Crippen LogP contribution in [0.3, 0.4) is 0 Å². The summed E-state index contributed by atoms with van der Waals surface area (Å²) in [4.78, 5) is 0. The van der Waals surface area contributed by atoms with Crippen LogP contribution >= 0.6 is 12.2 Å². The maximum Gasteiger partial charge on any atom is 0.164 e. The number of nitrogens with two attached hydrogens (primary N) is 2. The van der Waals surface area contributed by atoms with E-state index in [1.807, 2.05) is 60.7 Å². The normalized spacial score (nSPS) is 13.5. The van der Waals surface area contributed by atoms with Gasteiger partial charge < -0.3 is 16.8 Å². The van der Waals surface area contributed by atoms with Gasteiger partial charge in [-0.2, -0.15) is 0 Å². The Kier molecular flexibility index (Phi) is 4.49. The first kappa shape index (κ1) is 13.5. The smallest absolute Gasteiger partial charge is 0.164 e. The van der Waals surface area contributed by atoms with Crippen LogP contribution < -0.4 is 16.8 Å². The average Bonchev–Trinajstić information content (AvgIpc) is 2.46. The van der Waals surface area contributed by atoms with Crippen molar-refractivity contribution >= 4 is 17.3 Å². The molecular weight excluding hydrogens is 254 g/mol. The van der Waals surface area contributed by atoms with Gasteiger partial charge in [-0.3, -0.25) is 0 Å². The van der Waals surface area contributed by atoms with Crippen LogP contribution in [-0.2, 0) is 0 Å². The first-order chi connectivity index (χ1) is 9.18. The maximum absolute atomic E-state index is 6.34. The molecule has 2 aromatic rings. The fraction of sp³-hybridized carbons (Fsp3) is 0.133. The van der Waals surface area contributed by atoms with E-state index < -0.39 is 0 Å². The third-order valence-corrected chi connectivity index (χ3v) is 3.12. The number of hydrogen-bond donors (Lipinski definition) is 3. The van der Waals surface area contributed by atoms with Crippen molar-refractivity contribution in [2.75, 3.05) is 0 Å². The molecule has 0 spiro atoms. The molecule has 0 unspecified atom stereocenters. The second-order valence-corrected chi connectivity index (χ2v) is 4.77. The average molecular weight is 271 g/mol. The Morgan fingerprint density at radius 3 is 1.84 bits per heavy atom. The van der Waals surface area contributed by atoms with E-state index >= 15 is 0 Å². The van der Waals surface area contributed by atoms with E-state index in [0.29, 0.717) is 0 Å². The molecule has 98 valence electrons. The summed E-state index contributed by atoms with van der Waals surface area (Å²) in [6.07, 6.45) is 0. The SMILES string of the molecule is NC(=S)N[C@@H](c1ccccc1)[C@@H](N)c1ccccc1. The van der Waals surface area contributed by atoms with Crippen LogP contribution in [0.25, 0.3) is 0 Å². The van der Waals surface area contributed by atoms with Crippen molar-refractivity contribution in [1.82, 2.24) is 5.32 Å². The minimum Gasteiger partial charge on any atom is -0.376 e. The van der Waals surface area contributed by atoms with Crippen LogP contribution in [0.2, 0.25) is 0 Å². The summed E-state index contributed by atoms with van der Waals surface area (Å²) in [6.45, 7) is 0. The molecule has 19 heavy (non-hydrogen) atoms. The third kappa shape index (κ3) is 3.53. The maximum atomic E-state index is 6.34. The topological polar surface area (TPSA) is 64.1 Å². The fourth-order valence-corrected chi connectivity index (χ4v) is 2.19. The summed E-state index contributed by atoms with van der Waals surface area (Å²) in [5, 5.41) is 3.33. The number of hydrogen-bond acceptors (Lipinski definition) is 2. The van der Waals surface area contributed by atoms with Crippen molar-refractivity contribution in [3.05, 3.63) is 71.8 Å². The number of thiocarbonyl (C=S) groups is 1. The van der Waals surface area contributed by atoms with Crippen molar-refractivity contribution in [1.29, 1.82) is 0 Å². The highest BCUT2D eigenvalue weighted by Crippen LogP contribution is 2.26. The summed E-state index contributed by atoms with van der Waals surface area (Å²) in [5.41, 5.74) is 14.1. The Morgan fingerprint density at radius 1 is 0.895 bits per heavy atom. The molecule has 4 heteroatoms. The van der Waals surface area contributed by atoms with Crippen LogP contribution in [0.1, 0.15) is 23.2 Å². The Bertz CT molecular complexity index is 528. The predicted octanol–water partition coefficient (Wildman–Crippen LogP) is 2.26. The molecule has 0 amide bonds. The Balaban J connectivity index is 2.30. The highest BCUT2D eigenvalue weighted by Gasteiger charge is 2.21. The van der Waals surface area contributed by atoms with E-state index in [1.165, 1.54) is 0 Å². The lowest BCUT2D eigenvalue weighted by Gasteiger charge is -2.26. The van der Waals surface area contributed by atoms with Gasteiger partial charge in [-0.25, -0.2) is 0 Å². The lowest BCUT2D eigenvalue weighted by atomic mass is 9.94. The number of rotatable bonds is 4. The first-order valence-electron chi connectivity index (χ1n) is 6.10. The largest absolute Gasteiger partial charge is 0.376 e. The van der Waals surface area contributed by atoms with Gasteiger partial charge in [-0.15, -0.1) is 0 Å². The zero-order valence-electron chi connectivity index (χ0n) is 10.5. The van der Waals surface area contributed by atoms with E-state index in [-0.39, 0.29) is 17.2 Å². The van der Waals surface area contributed by atoms with Gasteiger partial charge in [0.15, 0.2) is 5.11 Å². The van der Waals surface area contributed by atoms with E-state index in [0.717, 1.165) is 11.1 Å².